The minimum Gasteiger partial charge on any atom is -0.459 e. The fourth-order valence-corrected chi connectivity index (χ4v) is 2.27. The molecule has 0 bridgehead atoms. The van der Waals surface area contributed by atoms with E-state index in [1.807, 2.05) is 51.6 Å². The number of esters is 1. The van der Waals surface area contributed by atoms with Gasteiger partial charge in [0, 0.05) is 26.2 Å². The normalized spacial score (nSPS) is 18.7. The van der Waals surface area contributed by atoms with Crippen LogP contribution < -0.4 is 0 Å². The maximum absolute atomic E-state index is 12.1. The Bertz CT molecular complexity index is 369. The Kier molecular flexibility index (Phi) is 6.16. The summed E-state index contributed by atoms with van der Waals surface area (Å²) in [4.78, 5) is 29.9. The van der Waals surface area contributed by atoms with Crippen LogP contribution in [-0.2, 0) is 14.3 Å². The molecule has 0 aromatic rings. The molecule has 1 amide bonds. The lowest BCUT2D eigenvalue weighted by molar-refractivity contribution is -0.161. The molecule has 0 saturated carbocycles. The number of piperazine rings is 1. The minimum absolute atomic E-state index is 0.143. The Hall–Kier alpha value is -1.14. The van der Waals surface area contributed by atoms with Crippen molar-refractivity contribution < 1.29 is 14.3 Å². The monoisotopic (exact) mass is 299 g/mol. The van der Waals surface area contributed by atoms with Crippen LogP contribution >= 0.6 is 0 Å². The van der Waals surface area contributed by atoms with Gasteiger partial charge in [-0.05, 0) is 41.8 Å². The van der Waals surface area contributed by atoms with Gasteiger partial charge in [0.25, 0.3) is 0 Å². The lowest BCUT2D eigenvalue weighted by Crippen LogP contribution is -2.55. The van der Waals surface area contributed by atoms with Gasteiger partial charge in [-0.3, -0.25) is 14.5 Å². The van der Waals surface area contributed by atoms with Gasteiger partial charge < -0.3 is 14.5 Å². The maximum atomic E-state index is 12.1. The Morgan fingerprint density at radius 1 is 1.14 bits per heavy atom. The van der Waals surface area contributed by atoms with Gasteiger partial charge in [-0.25, -0.2) is 0 Å². The van der Waals surface area contributed by atoms with Crippen molar-refractivity contribution in [1.82, 2.24) is 14.7 Å². The van der Waals surface area contributed by atoms with Crippen molar-refractivity contribution in [2.24, 2.45) is 0 Å². The first kappa shape index (κ1) is 17.9. The zero-order valence-corrected chi connectivity index (χ0v) is 14.2. The minimum atomic E-state index is -0.463. The van der Waals surface area contributed by atoms with Gasteiger partial charge >= 0.3 is 5.97 Å². The molecule has 1 rings (SSSR count). The molecule has 1 atom stereocenters. The predicted molar refractivity (Wildman–Crippen MR) is 82.0 cm³/mol. The Morgan fingerprint density at radius 3 is 2.10 bits per heavy atom. The third kappa shape index (κ3) is 6.01. The van der Waals surface area contributed by atoms with E-state index in [4.69, 9.17) is 4.74 Å². The Morgan fingerprint density at radius 2 is 1.67 bits per heavy atom. The van der Waals surface area contributed by atoms with Crippen molar-refractivity contribution in [3.63, 3.8) is 0 Å². The molecule has 122 valence electrons. The van der Waals surface area contributed by atoms with Crippen LogP contribution in [0, 0.1) is 0 Å². The van der Waals surface area contributed by atoms with Gasteiger partial charge in [0.2, 0.25) is 5.91 Å². The molecule has 1 aliphatic heterocycles. The average molecular weight is 299 g/mol. The molecule has 1 heterocycles. The lowest BCUT2D eigenvalue weighted by Gasteiger charge is -2.38. The number of carbonyl (C=O) groups excluding carboxylic acids is 2. The van der Waals surface area contributed by atoms with Crippen LogP contribution in [0.3, 0.4) is 0 Å². The van der Waals surface area contributed by atoms with Crippen LogP contribution in [-0.4, -0.2) is 85.0 Å². The first-order chi connectivity index (χ1) is 9.60. The van der Waals surface area contributed by atoms with Crippen LogP contribution in [0.2, 0.25) is 0 Å². The van der Waals surface area contributed by atoms with E-state index in [0.29, 0.717) is 32.7 Å². The van der Waals surface area contributed by atoms with Crippen molar-refractivity contribution in [3.05, 3.63) is 0 Å². The number of hydrogen-bond acceptors (Lipinski definition) is 5. The fourth-order valence-electron chi connectivity index (χ4n) is 2.27. The SMILES string of the molecule is CC(C(=O)OC(C)(C)C)N1CCN(C(=O)CN(C)C)CC1. The number of carbonyl (C=O) groups is 2. The molecule has 1 saturated heterocycles. The summed E-state index contributed by atoms with van der Waals surface area (Å²) in [5, 5.41) is 0. The highest BCUT2D eigenvalue weighted by Gasteiger charge is 2.30. The molecule has 0 radical (unpaired) electrons. The highest BCUT2D eigenvalue weighted by Crippen LogP contribution is 2.13. The van der Waals surface area contributed by atoms with E-state index in [2.05, 4.69) is 4.90 Å². The molecule has 0 spiro atoms. The second kappa shape index (κ2) is 7.22. The smallest absolute Gasteiger partial charge is 0.323 e. The van der Waals surface area contributed by atoms with Crippen molar-refractivity contribution in [2.75, 3.05) is 46.8 Å². The largest absolute Gasteiger partial charge is 0.459 e. The number of nitrogens with zero attached hydrogens (tertiary/aromatic N) is 3. The van der Waals surface area contributed by atoms with E-state index in [1.165, 1.54) is 0 Å². The number of ether oxygens (including phenoxy) is 1. The molecule has 1 aliphatic rings. The van der Waals surface area contributed by atoms with Crippen LogP contribution in [0.4, 0.5) is 0 Å². The van der Waals surface area contributed by atoms with Crippen LogP contribution in [0.15, 0.2) is 0 Å². The fraction of sp³-hybridized carbons (Fsp3) is 0.867. The van der Waals surface area contributed by atoms with Crippen LogP contribution in [0.1, 0.15) is 27.7 Å². The molecule has 1 unspecified atom stereocenters. The predicted octanol–water partition coefficient (Wildman–Crippen LogP) is 0.422. The third-order valence-corrected chi connectivity index (χ3v) is 3.41. The first-order valence-corrected chi connectivity index (χ1v) is 7.49. The van der Waals surface area contributed by atoms with E-state index in [9.17, 15) is 9.59 Å². The van der Waals surface area contributed by atoms with Gasteiger partial charge in [-0.2, -0.15) is 0 Å². The summed E-state index contributed by atoms with van der Waals surface area (Å²) in [7, 11) is 3.78. The van der Waals surface area contributed by atoms with Crippen LogP contribution in [0.5, 0.6) is 0 Å². The topological polar surface area (TPSA) is 53.1 Å². The summed E-state index contributed by atoms with van der Waals surface area (Å²) >= 11 is 0. The number of hydrogen-bond donors (Lipinski definition) is 0. The molecular weight excluding hydrogens is 270 g/mol. The van der Waals surface area contributed by atoms with E-state index in [-0.39, 0.29) is 17.9 Å². The van der Waals surface area contributed by atoms with E-state index in [1.54, 1.807) is 0 Å². The Balaban J connectivity index is 2.45. The molecule has 0 N–H and O–H groups in total. The molecule has 6 nitrogen and oxygen atoms in total. The van der Waals surface area contributed by atoms with Gasteiger partial charge in [-0.15, -0.1) is 0 Å². The third-order valence-electron chi connectivity index (χ3n) is 3.41. The van der Waals surface area contributed by atoms with Gasteiger partial charge in [0.15, 0.2) is 0 Å². The van der Waals surface area contributed by atoms with Crippen molar-refractivity contribution >= 4 is 11.9 Å². The van der Waals surface area contributed by atoms with E-state index < -0.39 is 5.60 Å². The quantitative estimate of drug-likeness (QED) is 0.704. The molecule has 1 fully saturated rings. The summed E-state index contributed by atoms with van der Waals surface area (Å²) in [6.07, 6.45) is 0. The van der Waals surface area contributed by atoms with Crippen molar-refractivity contribution in [1.29, 1.82) is 0 Å². The molecular formula is C15H29N3O3. The first-order valence-electron chi connectivity index (χ1n) is 7.49. The lowest BCUT2D eigenvalue weighted by atomic mass is 10.1. The molecule has 0 aromatic heterocycles. The molecule has 0 aromatic carbocycles. The maximum Gasteiger partial charge on any atom is 0.323 e. The zero-order valence-electron chi connectivity index (χ0n) is 14.2. The summed E-state index contributed by atoms with van der Waals surface area (Å²) in [5.41, 5.74) is -0.463. The van der Waals surface area contributed by atoms with E-state index in [0.717, 1.165) is 0 Å². The van der Waals surface area contributed by atoms with E-state index >= 15 is 0 Å². The molecule has 0 aliphatic carbocycles. The zero-order chi connectivity index (χ0) is 16.2. The molecule has 21 heavy (non-hydrogen) atoms. The van der Waals surface area contributed by atoms with Gasteiger partial charge in [0.05, 0.1) is 6.54 Å². The standard InChI is InChI=1S/C15H29N3O3/c1-12(14(20)21-15(2,3)4)17-7-9-18(10-8-17)13(19)11-16(5)6/h12H,7-11H2,1-6H3. The van der Waals surface area contributed by atoms with Gasteiger partial charge in [-0.1, -0.05) is 0 Å². The summed E-state index contributed by atoms with van der Waals surface area (Å²) in [6, 6.07) is -0.268. The van der Waals surface area contributed by atoms with Crippen LogP contribution in [0.25, 0.3) is 0 Å². The number of rotatable bonds is 4. The summed E-state index contributed by atoms with van der Waals surface area (Å²) < 4.78 is 5.41. The number of likely N-dealkylation sites (N-methyl/N-ethyl adjacent to an activating group) is 1. The number of amides is 1. The second-order valence-corrected chi connectivity index (χ2v) is 6.86. The van der Waals surface area contributed by atoms with Gasteiger partial charge in [0.1, 0.15) is 11.6 Å². The van der Waals surface area contributed by atoms with Crippen molar-refractivity contribution in [3.8, 4) is 0 Å². The summed E-state index contributed by atoms with van der Waals surface area (Å²) in [5.74, 6) is -0.0554. The highest BCUT2D eigenvalue weighted by molar-refractivity contribution is 5.78. The Labute approximate surface area is 128 Å². The van der Waals surface area contributed by atoms with Crippen molar-refractivity contribution in [2.45, 2.75) is 39.3 Å². The highest BCUT2D eigenvalue weighted by atomic mass is 16.6. The summed E-state index contributed by atoms with van der Waals surface area (Å²) in [6.45, 7) is 10.7. The average Bonchev–Trinajstić information content (AvgIpc) is 2.35. The second-order valence-electron chi connectivity index (χ2n) is 6.86. The molecule has 6 heteroatoms.